The number of amides is 1. The minimum atomic E-state index is -0.248. The van der Waals surface area contributed by atoms with Crippen molar-refractivity contribution in [3.63, 3.8) is 0 Å². The minimum Gasteiger partial charge on any atom is -0.342 e. The van der Waals surface area contributed by atoms with Crippen molar-refractivity contribution in [1.82, 2.24) is 9.99 Å². The Hall–Kier alpha value is -4.17. The molecule has 0 saturated heterocycles. The van der Waals surface area contributed by atoms with Crippen LogP contribution < -0.4 is 5.43 Å². The first-order valence-corrected chi connectivity index (χ1v) is 9.61. The fourth-order valence-electron chi connectivity index (χ4n) is 3.47. The second kappa shape index (κ2) is 8.46. The lowest BCUT2D eigenvalue weighted by atomic mass is 10.1. The van der Waals surface area contributed by atoms with Gasteiger partial charge in [0, 0.05) is 34.8 Å². The zero-order valence-electron chi connectivity index (χ0n) is 16.5. The quantitative estimate of drug-likeness (QED) is 0.397. The number of hydrazone groups is 1. The summed E-state index contributed by atoms with van der Waals surface area (Å²) >= 11 is 0. The van der Waals surface area contributed by atoms with Crippen molar-refractivity contribution < 1.29 is 4.79 Å². The summed E-state index contributed by atoms with van der Waals surface area (Å²) in [6, 6.07) is 25.2. The maximum absolute atomic E-state index is 12.3. The van der Waals surface area contributed by atoms with Crippen molar-refractivity contribution in [3.05, 3.63) is 107 Å². The Balaban J connectivity index is 1.60. The predicted octanol–water partition coefficient (Wildman–Crippen LogP) is 4.63. The van der Waals surface area contributed by atoms with Crippen LogP contribution in [0.15, 0.2) is 84.1 Å². The highest BCUT2D eigenvalue weighted by Gasteiger charge is 2.09. The van der Waals surface area contributed by atoms with E-state index in [0.29, 0.717) is 17.7 Å². The van der Waals surface area contributed by atoms with Gasteiger partial charge in [0.25, 0.3) is 5.91 Å². The first kappa shape index (κ1) is 19.2. The molecule has 146 valence electrons. The maximum atomic E-state index is 12.3. The Morgan fingerprint density at radius 1 is 1.10 bits per heavy atom. The molecule has 1 heterocycles. The van der Waals surface area contributed by atoms with E-state index in [1.165, 1.54) is 0 Å². The summed E-state index contributed by atoms with van der Waals surface area (Å²) in [4.78, 5) is 12.3. The lowest BCUT2D eigenvalue weighted by Crippen LogP contribution is -2.17. The number of benzene rings is 3. The summed E-state index contributed by atoms with van der Waals surface area (Å²) in [6.07, 6.45) is 3.64. The van der Waals surface area contributed by atoms with Crippen molar-refractivity contribution in [1.29, 1.82) is 5.26 Å². The van der Waals surface area contributed by atoms with E-state index < -0.39 is 0 Å². The summed E-state index contributed by atoms with van der Waals surface area (Å²) in [7, 11) is 0. The first-order chi connectivity index (χ1) is 14.7. The Morgan fingerprint density at radius 2 is 1.90 bits per heavy atom. The molecule has 0 spiro atoms. The van der Waals surface area contributed by atoms with Crippen LogP contribution >= 0.6 is 0 Å². The minimum absolute atomic E-state index is 0.248. The molecule has 0 saturated carbocycles. The first-order valence-electron chi connectivity index (χ1n) is 9.61. The van der Waals surface area contributed by atoms with Crippen molar-refractivity contribution >= 4 is 23.0 Å². The molecule has 1 amide bonds. The van der Waals surface area contributed by atoms with Gasteiger partial charge in [0.1, 0.15) is 0 Å². The molecule has 5 nitrogen and oxygen atoms in total. The van der Waals surface area contributed by atoms with Crippen molar-refractivity contribution in [3.8, 4) is 6.07 Å². The molecular weight excluding hydrogens is 372 g/mol. The van der Waals surface area contributed by atoms with Crippen LogP contribution in [0.25, 0.3) is 10.9 Å². The summed E-state index contributed by atoms with van der Waals surface area (Å²) in [5.74, 6) is -0.248. The Bertz CT molecular complexity index is 1290. The molecule has 30 heavy (non-hydrogen) atoms. The highest BCUT2D eigenvalue weighted by molar-refractivity contribution is 6.00. The molecular formula is C25H20N4O. The van der Waals surface area contributed by atoms with Crippen molar-refractivity contribution in [2.24, 2.45) is 5.10 Å². The van der Waals surface area contributed by atoms with Gasteiger partial charge in [0.2, 0.25) is 0 Å². The lowest BCUT2D eigenvalue weighted by Gasteiger charge is -2.07. The molecule has 0 unspecified atom stereocenters. The van der Waals surface area contributed by atoms with Crippen LogP contribution in [0.1, 0.15) is 32.6 Å². The molecule has 4 aromatic rings. The van der Waals surface area contributed by atoms with Gasteiger partial charge < -0.3 is 4.57 Å². The van der Waals surface area contributed by atoms with Crippen LogP contribution in [-0.4, -0.2) is 16.7 Å². The molecule has 0 atom stereocenters. The Kier molecular flexibility index (Phi) is 5.40. The van der Waals surface area contributed by atoms with Gasteiger partial charge in [0.15, 0.2) is 0 Å². The summed E-state index contributed by atoms with van der Waals surface area (Å²) in [5, 5.41) is 14.6. The number of hydrogen-bond acceptors (Lipinski definition) is 3. The number of carbonyl (C=O) groups is 1. The van der Waals surface area contributed by atoms with Gasteiger partial charge in [-0.15, -0.1) is 0 Å². The number of aryl methyl sites for hydroxylation is 1. The molecule has 1 aromatic heterocycles. The monoisotopic (exact) mass is 392 g/mol. The van der Waals surface area contributed by atoms with Crippen LogP contribution in [0.4, 0.5) is 0 Å². The van der Waals surface area contributed by atoms with Gasteiger partial charge >= 0.3 is 0 Å². The largest absolute Gasteiger partial charge is 0.342 e. The van der Waals surface area contributed by atoms with E-state index >= 15 is 0 Å². The van der Waals surface area contributed by atoms with Crippen LogP contribution in [-0.2, 0) is 6.54 Å². The average Bonchev–Trinajstić information content (AvgIpc) is 3.11. The number of nitrogens with zero attached hydrogens (tertiary/aromatic N) is 3. The Labute approximate surface area is 174 Å². The van der Waals surface area contributed by atoms with E-state index in [2.05, 4.69) is 21.2 Å². The molecule has 0 radical (unpaired) electrons. The van der Waals surface area contributed by atoms with Crippen LogP contribution in [0, 0.1) is 18.3 Å². The lowest BCUT2D eigenvalue weighted by molar-refractivity contribution is 0.0955. The number of rotatable bonds is 5. The smallest absolute Gasteiger partial charge is 0.271 e. The highest BCUT2D eigenvalue weighted by atomic mass is 16.2. The van der Waals surface area contributed by atoms with E-state index in [-0.39, 0.29) is 5.91 Å². The molecule has 0 aliphatic carbocycles. The normalized spacial score (nSPS) is 10.9. The molecule has 0 fully saturated rings. The Morgan fingerprint density at radius 3 is 2.73 bits per heavy atom. The molecule has 3 aromatic carbocycles. The topological polar surface area (TPSA) is 70.2 Å². The number of nitrogens with one attached hydrogen (secondary N) is 1. The van der Waals surface area contributed by atoms with Gasteiger partial charge in [-0.25, -0.2) is 5.43 Å². The SMILES string of the molecule is Cc1cccc(C(=O)N/N=C\c2cn(Cc3ccccc3C#N)c3ccccc23)c1. The second-order valence-corrected chi connectivity index (χ2v) is 7.07. The van der Waals surface area contributed by atoms with Gasteiger partial charge in [-0.05, 0) is 36.8 Å². The van der Waals surface area contributed by atoms with E-state index in [9.17, 15) is 10.1 Å². The third-order valence-electron chi connectivity index (χ3n) is 4.95. The van der Waals surface area contributed by atoms with Gasteiger partial charge in [-0.3, -0.25) is 4.79 Å². The number of para-hydroxylation sites is 1. The number of carbonyl (C=O) groups excluding carboxylic acids is 1. The van der Waals surface area contributed by atoms with Gasteiger partial charge in [0.05, 0.1) is 17.8 Å². The molecule has 4 rings (SSSR count). The van der Waals surface area contributed by atoms with Gasteiger partial charge in [-0.2, -0.15) is 10.4 Å². The average molecular weight is 392 g/mol. The zero-order valence-corrected chi connectivity index (χ0v) is 16.5. The second-order valence-electron chi connectivity index (χ2n) is 7.07. The fourth-order valence-corrected chi connectivity index (χ4v) is 3.47. The number of nitriles is 1. The van der Waals surface area contributed by atoms with E-state index in [1.807, 2.05) is 79.9 Å². The summed E-state index contributed by atoms with van der Waals surface area (Å²) < 4.78 is 2.09. The standard InChI is InChI=1S/C25H20N4O/c1-18-7-6-10-19(13-18)25(30)28-27-15-22-17-29(24-12-5-4-11-23(22)24)16-21-9-3-2-8-20(21)14-26/h2-13,15,17H,16H2,1H3,(H,28,30)/b27-15-. The van der Waals surface area contributed by atoms with Crippen molar-refractivity contribution in [2.75, 3.05) is 0 Å². The third kappa shape index (κ3) is 3.98. The molecule has 0 aliphatic heterocycles. The van der Waals surface area contributed by atoms with Crippen LogP contribution in [0.5, 0.6) is 0 Å². The van der Waals surface area contributed by atoms with E-state index in [0.717, 1.165) is 27.6 Å². The molecule has 0 bridgehead atoms. The molecule has 1 N–H and O–H groups in total. The third-order valence-corrected chi connectivity index (χ3v) is 4.95. The molecule has 5 heteroatoms. The predicted molar refractivity (Wildman–Crippen MR) is 118 cm³/mol. The zero-order chi connectivity index (χ0) is 20.9. The highest BCUT2D eigenvalue weighted by Crippen LogP contribution is 2.22. The van der Waals surface area contributed by atoms with Crippen molar-refractivity contribution in [2.45, 2.75) is 13.5 Å². The van der Waals surface area contributed by atoms with Crippen LogP contribution in [0.2, 0.25) is 0 Å². The van der Waals surface area contributed by atoms with Crippen LogP contribution in [0.3, 0.4) is 0 Å². The number of fused-ring (bicyclic) bond motifs is 1. The number of aromatic nitrogens is 1. The summed E-state index contributed by atoms with van der Waals surface area (Å²) in [5.41, 5.74) is 7.74. The fraction of sp³-hybridized carbons (Fsp3) is 0.0800. The number of hydrogen-bond donors (Lipinski definition) is 1. The van der Waals surface area contributed by atoms with E-state index in [4.69, 9.17) is 0 Å². The maximum Gasteiger partial charge on any atom is 0.271 e. The summed E-state index contributed by atoms with van der Waals surface area (Å²) in [6.45, 7) is 2.52. The van der Waals surface area contributed by atoms with E-state index in [1.54, 1.807) is 12.3 Å². The molecule has 0 aliphatic rings. The van der Waals surface area contributed by atoms with Gasteiger partial charge in [-0.1, -0.05) is 54.1 Å².